The van der Waals surface area contributed by atoms with Crippen LogP contribution in [0.1, 0.15) is 18.4 Å². The van der Waals surface area contributed by atoms with Gasteiger partial charge in [-0.05, 0) is 54.8 Å². The number of fused-ring (bicyclic) bond motifs is 1. The number of sulfonamides is 1. The van der Waals surface area contributed by atoms with E-state index in [4.69, 9.17) is 0 Å². The maximum atomic E-state index is 13.1. The van der Waals surface area contributed by atoms with Gasteiger partial charge in [0.15, 0.2) is 0 Å². The van der Waals surface area contributed by atoms with E-state index >= 15 is 0 Å². The third-order valence-corrected chi connectivity index (χ3v) is 7.00. The summed E-state index contributed by atoms with van der Waals surface area (Å²) < 4.78 is 27.7. The van der Waals surface area contributed by atoms with Gasteiger partial charge >= 0.3 is 0 Å². The fraction of sp³-hybridized carbons (Fsp3) is 0.278. The van der Waals surface area contributed by atoms with Gasteiger partial charge in [0.25, 0.3) is 10.0 Å². The number of hydrogen-bond donors (Lipinski definition) is 0. The van der Waals surface area contributed by atoms with Crippen molar-refractivity contribution in [2.24, 2.45) is 0 Å². The van der Waals surface area contributed by atoms with Gasteiger partial charge in [0.2, 0.25) is 0 Å². The van der Waals surface area contributed by atoms with Crippen molar-refractivity contribution >= 4 is 33.4 Å². The van der Waals surface area contributed by atoms with E-state index in [1.807, 2.05) is 24.3 Å². The van der Waals surface area contributed by atoms with Gasteiger partial charge in [-0.1, -0.05) is 24.3 Å². The number of nitrogens with zero attached hydrogens (tertiary/aromatic N) is 1. The van der Waals surface area contributed by atoms with E-state index in [9.17, 15) is 18.3 Å². The number of carbonyl (C=O) groups excluding carboxylic acids is 1. The number of aliphatic carboxylic acids is 1. The first kappa shape index (κ1) is 17.8. The molecule has 1 heterocycles. The average Bonchev–Trinajstić information content (AvgIpc) is 2.83. The topological polar surface area (TPSA) is 77.5 Å². The normalized spacial score (nSPS) is 14.6. The van der Waals surface area contributed by atoms with E-state index in [0.717, 1.165) is 22.6 Å². The van der Waals surface area contributed by atoms with Crippen molar-refractivity contribution in [1.82, 2.24) is 0 Å². The highest BCUT2D eigenvalue weighted by Crippen LogP contribution is 2.36. The van der Waals surface area contributed by atoms with Crippen LogP contribution in [0, 0.1) is 0 Å². The largest absolute Gasteiger partial charge is 0.550 e. The van der Waals surface area contributed by atoms with Crippen molar-refractivity contribution in [3.8, 4) is 0 Å². The van der Waals surface area contributed by atoms with Crippen LogP contribution in [0.2, 0.25) is 0 Å². The van der Waals surface area contributed by atoms with Crippen LogP contribution in [0.25, 0.3) is 0 Å². The quantitative estimate of drug-likeness (QED) is 0.798. The second kappa shape index (κ2) is 7.49. The average molecular weight is 376 g/mol. The standard InChI is InChI=1S/C18H19NO4S2/c20-18(21)11-8-14-6-9-15(10-7-14)25(22,23)19-12-3-13-24-17-5-2-1-4-16(17)19/h1-2,4-7,9-10H,3,8,11-13H2,(H,20,21)/p-1. The van der Waals surface area contributed by atoms with Gasteiger partial charge in [0.1, 0.15) is 0 Å². The van der Waals surface area contributed by atoms with E-state index in [1.54, 1.807) is 36.0 Å². The Balaban J connectivity index is 1.90. The molecule has 3 rings (SSSR count). The van der Waals surface area contributed by atoms with E-state index < -0.39 is 16.0 Å². The summed E-state index contributed by atoms with van der Waals surface area (Å²) in [5.74, 6) is -0.235. The molecule has 0 aromatic heterocycles. The monoisotopic (exact) mass is 376 g/mol. The summed E-state index contributed by atoms with van der Waals surface area (Å²) in [5.41, 5.74) is 1.49. The summed E-state index contributed by atoms with van der Waals surface area (Å²) in [6.07, 6.45) is 1.02. The number of carboxylic acid groups (broad SMARTS) is 1. The predicted molar refractivity (Wildman–Crippen MR) is 96.1 cm³/mol. The van der Waals surface area contributed by atoms with Crippen LogP contribution in [-0.2, 0) is 21.2 Å². The lowest BCUT2D eigenvalue weighted by Crippen LogP contribution is -2.31. The number of thioether (sulfide) groups is 1. The minimum Gasteiger partial charge on any atom is -0.550 e. The Hall–Kier alpha value is -1.99. The summed E-state index contributed by atoms with van der Waals surface area (Å²) >= 11 is 1.67. The molecule has 0 aliphatic carbocycles. The third-order valence-electron chi connectivity index (χ3n) is 4.03. The Morgan fingerprint density at radius 3 is 2.56 bits per heavy atom. The Morgan fingerprint density at radius 1 is 1.12 bits per heavy atom. The number of anilines is 1. The van der Waals surface area contributed by atoms with Crippen LogP contribution in [0.15, 0.2) is 58.3 Å². The molecule has 0 unspecified atom stereocenters. The molecule has 0 radical (unpaired) electrons. The number of carbonyl (C=O) groups is 1. The number of carboxylic acids is 1. The molecule has 0 atom stereocenters. The molecular formula is C18H18NO4S2-. The zero-order valence-electron chi connectivity index (χ0n) is 13.6. The Labute approximate surface area is 151 Å². The lowest BCUT2D eigenvalue weighted by atomic mass is 10.1. The van der Waals surface area contributed by atoms with Crippen LogP contribution in [0.5, 0.6) is 0 Å². The van der Waals surface area contributed by atoms with Crippen LogP contribution in [0.4, 0.5) is 5.69 Å². The molecule has 2 aromatic rings. The highest BCUT2D eigenvalue weighted by molar-refractivity contribution is 7.99. The Kier molecular flexibility index (Phi) is 5.34. The summed E-state index contributed by atoms with van der Waals surface area (Å²) in [6, 6.07) is 13.9. The first-order chi connectivity index (χ1) is 12.0. The summed E-state index contributed by atoms with van der Waals surface area (Å²) in [6.45, 7) is 0.443. The molecule has 132 valence electrons. The second-order valence-corrected chi connectivity index (χ2v) is 8.76. The van der Waals surface area contributed by atoms with Gasteiger partial charge < -0.3 is 9.90 Å². The second-order valence-electron chi connectivity index (χ2n) is 5.76. The number of aryl methyl sites for hydroxylation is 1. The maximum Gasteiger partial charge on any atom is 0.264 e. The smallest absolute Gasteiger partial charge is 0.264 e. The number of hydrogen-bond acceptors (Lipinski definition) is 5. The first-order valence-corrected chi connectivity index (χ1v) is 10.4. The molecule has 0 amide bonds. The Bertz CT molecular complexity index is 863. The summed E-state index contributed by atoms with van der Waals surface area (Å²) in [5, 5.41) is 10.5. The van der Waals surface area contributed by atoms with Crippen LogP contribution in [-0.4, -0.2) is 26.7 Å². The van der Waals surface area contributed by atoms with Gasteiger partial charge in [0, 0.05) is 17.4 Å². The zero-order valence-corrected chi connectivity index (χ0v) is 15.2. The van der Waals surface area contributed by atoms with E-state index in [-0.39, 0.29) is 11.3 Å². The number of benzene rings is 2. The van der Waals surface area contributed by atoms with E-state index in [0.29, 0.717) is 18.7 Å². The third kappa shape index (κ3) is 3.99. The molecule has 1 aliphatic rings. The SMILES string of the molecule is O=C([O-])CCc1ccc(S(=O)(=O)N2CCCSc3ccccc32)cc1. The zero-order chi connectivity index (χ0) is 17.9. The van der Waals surface area contributed by atoms with Crippen LogP contribution >= 0.6 is 11.8 Å². The van der Waals surface area contributed by atoms with Crippen LogP contribution < -0.4 is 9.41 Å². The number of para-hydroxylation sites is 1. The van der Waals surface area contributed by atoms with Crippen molar-refractivity contribution < 1.29 is 18.3 Å². The van der Waals surface area contributed by atoms with Gasteiger partial charge in [-0.15, -0.1) is 11.8 Å². The van der Waals surface area contributed by atoms with Crippen molar-refractivity contribution in [2.45, 2.75) is 29.1 Å². The molecule has 0 bridgehead atoms. The van der Waals surface area contributed by atoms with Crippen molar-refractivity contribution in [3.63, 3.8) is 0 Å². The van der Waals surface area contributed by atoms with Crippen LogP contribution in [0.3, 0.4) is 0 Å². The Morgan fingerprint density at radius 2 is 1.84 bits per heavy atom. The molecule has 0 spiro atoms. The van der Waals surface area contributed by atoms with E-state index in [1.165, 1.54) is 4.31 Å². The lowest BCUT2D eigenvalue weighted by Gasteiger charge is -2.24. The maximum absolute atomic E-state index is 13.1. The molecule has 25 heavy (non-hydrogen) atoms. The number of rotatable bonds is 5. The van der Waals surface area contributed by atoms with Crippen molar-refractivity contribution in [2.75, 3.05) is 16.6 Å². The van der Waals surface area contributed by atoms with Gasteiger partial charge in [-0.25, -0.2) is 8.42 Å². The summed E-state index contributed by atoms with van der Waals surface area (Å²) in [4.78, 5) is 11.7. The van der Waals surface area contributed by atoms with Gasteiger partial charge in [0.05, 0.1) is 10.6 Å². The molecule has 2 aromatic carbocycles. The highest BCUT2D eigenvalue weighted by Gasteiger charge is 2.28. The molecule has 7 heteroatoms. The minimum atomic E-state index is -3.66. The minimum absolute atomic E-state index is 0.0805. The van der Waals surface area contributed by atoms with E-state index in [2.05, 4.69) is 0 Å². The van der Waals surface area contributed by atoms with Crippen molar-refractivity contribution in [3.05, 3.63) is 54.1 Å². The van der Waals surface area contributed by atoms with Gasteiger partial charge in [-0.3, -0.25) is 4.31 Å². The highest BCUT2D eigenvalue weighted by atomic mass is 32.2. The molecule has 0 fully saturated rings. The lowest BCUT2D eigenvalue weighted by molar-refractivity contribution is -0.305. The first-order valence-electron chi connectivity index (χ1n) is 8.02. The predicted octanol–water partition coefficient (Wildman–Crippen LogP) is 2.06. The molecule has 0 N–H and O–H groups in total. The van der Waals surface area contributed by atoms with Crippen molar-refractivity contribution in [1.29, 1.82) is 0 Å². The van der Waals surface area contributed by atoms with Gasteiger partial charge in [-0.2, -0.15) is 0 Å². The summed E-state index contributed by atoms with van der Waals surface area (Å²) in [7, 11) is -3.66. The fourth-order valence-corrected chi connectivity index (χ4v) is 5.32. The molecule has 0 saturated carbocycles. The fourth-order valence-electron chi connectivity index (χ4n) is 2.75. The molecule has 0 saturated heterocycles. The molecule has 5 nitrogen and oxygen atoms in total. The molecular weight excluding hydrogens is 358 g/mol. The molecule has 1 aliphatic heterocycles.